The Morgan fingerprint density at radius 2 is 2.17 bits per heavy atom. The first-order valence-corrected chi connectivity index (χ1v) is 7.19. The maximum Gasteiger partial charge on any atom is 0.126 e. The van der Waals surface area contributed by atoms with Gasteiger partial charge < -0.3 is 5.32 Å². The lowest BCUT2D eigenvalue weighted by Gasteiger charge is -2.18. The highest BCUT2D eigenvalue weighted by atomic mass is 19.1. The number of rotatable bonds is 7. The molecule has 1 aliphatic carbocycles. The van der Waals surface area contributed by atoms with E-state index in [4.69, 9.17) is 0 Å². The van der Waals surface area contributed by atoms with Gasteiger partial charge in [0.1, 0.15) is 5.82 Å². The zero-order chi connectivity index (χ0) is 13.0. The van der Waals surface area contributed by atoms with Gasteiger partial charge in [-0.25, -0.2) is 4.39 Å². The first-order valence-electron chi connectivity index (χ1n) is 7.19. The molecule has 1 atom stereocenters. The van der Waals surface area contributed by atoms with Crippen LogP contribution in [0.5, 0.6) is 0 Å². The monoisotopic (exact) mass is 249 g/mol. The maximum atomic E-state index is 13.5. The van der Waals surface area contributed by atoms with E-state index >= 15 is 0 Å². The van der Waals surface area contributed by atoms with Gasteiger partial charge >= 0.3 is 0 Å². The molecule has 1 fully saturated rings. The predicted octanol–water partition coefficient (Wildman–Crippen LogP) is 3.84. The molecule has 0 amide bonds. The summed E-state index contributed by atoms with van der Waals surface area (Å²) in [6.07, 6.45) is 6.03. The normalized spacial score (nSPS) is 16.8. The lowest BCUT2D eigenvalue weighted by Crippen LogP contribution is -2.32. The van der Waals surface area contributed by atoms with Gasteiger partial charge in [0.15, 0.2) is 0 Å². The topological polar surface area (TPSA) is 12.0 Å². The van der Waals surface area contributed by atoms with Crippen molar-refractivity contribution in [3.8, 4) is 0 Å². The van der Waals surface area contributed by atoms with E-state index in [1.54, 1.807) is 6.07 Å². The van der Waals surface area contributed by atoms with Crippen molar-refractivity contribution in [2.24, 2.45) is 5.92 Å². The summed E-state index contributed by atoms with van der Waals surface area (Å²) in [5.41, 5.74) is 1.86. The number of nitrogens with one attached hydrogen (secondary N) is 1. The van der Waals surface area contributed by atoms with Crippen LogP contribution < -0.4 is 5.32 Å². The minimum absolute atomic E-state index is 0.0722. The largest absolute Gasteiger partial charge is 0.314 e. The molecule has 2 heteroatoms. The Morgan fingerprint density at radius 3 is 2.78 bits per heavy atom. The average Bonchev–Trinajstić information content (AvgIpc) is 3.18. The second-order valence-corrected chi connectivity index (χ2v) is 5.52. The molecule has 0 heterocycles. The standard InChI is InChI=1S/C16H24FN/c1-3-10-18-16(14-7-8-14)9-6-13-5-4-12(2)15(17)11-13/h4-5,11,14,16,18H,3,6-10H2,1-2H3. The smallest absolute Gasteiger partial charge is 0.126 e. The van der Waals surface area contributed by atoms with Gasteiger partial charge in [-0.2, -0.15) is 0 Å². The number of halogens is 1. The van der Waals surface area contributed by atoms with Gasteiger partial charge in [0.2, 0.25) is 0 Å². The molecule has 1 unspecified atom stereocenters. The summed E-state index contributed by atoms with van der Waals surface area (Å²) in [5, 5.41) is 3.63. The SMILES string of the molecule is CCCNC(CCc1ccc(C)c(F)c1)C1CC1. The maximum absolute atomic E-state index is 13.5. The molecule has 0 aliphatic heterocycles. The van der Waals surface area contributed by atoms with Crippen LogP contribution in [0.3, 0.4) is 0 Å². The summed E-state index contributed by atoms with van der Waals surface area (Å²) in [5.74, 6) is 0.795. The van der Waals surface area contributed by atoms with Gasteiger partial charge in [0.25, 0.3) is 0 Å². The molecule has 1 aromatic rings. The zero-order valence-electron chi connectivity index (χ0n) is 11.5. The van der Waals surface area contributed by atoms with Crippen molar-refractivity contribution in [2.45, 2.75) is 52.0 Å². The van der Waals surface area contributed by atoms with Crippen molar-refractivity contribution in [3.05, 3.63) is 35.1 Å². The fraction of sp³-hybridized carbons (Fsp3) is 0.625. The van der Waals surface area contributed by atoms with Crippen molar-refractivity contribution in [1.82, 2.24) is 5.32 Å². The van der Waals surface area contributed by atoms with Gasteiger partial charge in [0, 0.05) is 6.04 Å². The van der Waals surface area contributed by atoms with Crippen LogP contribution in [0.15, 0.2) is 18.2 Å². The third-order valence-electron chi connectivity index (χ3n) is 3.83. The van der Waals surface area contributed by atoms with E-state index < -0.39 is 0 Å². The summed E-state index contributed by atoms with van der Waals surface area (Å²) in [6, 6.07) is 6.27. The summed E-state index contributed by atoms with van der Waals surface area (Å²) in [7, 11) is 0. The number of hydrogen-bond acceptors (Lipinski definition) is 1. The highest BCUT2D eigenvalue weighted by Gasteiger charge is 2.30. The summed E-state index contributed by atoms with van der Waals surface area (Å²) in [4.78, 5) is 0. The minimum atomic E-state index is -0.0722. The number of hydrogen-bond donors (Lipinski definition) is 1. The molecular weight excluding hydrogens is 225 g/mol. The first kappa shape index (κ1) is 13.5. The third-order valence-corrected chi connectivity index (χ3v) is 3.83. The van der Waals surface area contributed by atoms with E-state index in [-0.39, 0.29) is 5.82 Å². The fourth-order valence-corrected chi connectivity index (χ4v) is 2.45. The van der Waals surface area contributed by atoms with E-state index in [1.165, 1.54) is 19.3 Å². The van der Waals surface area contributed by atoms with E-state index in [9.17, 15) is 4.39 Å². The van der Waals surface area contributed by atoms with Crippen LogP contribution in [0.1, 0.15) is 43.7 Å². The summed E-state index contributed by atoms with van der Waals surface area (Å²) >= 11 is 0. The van der Waals surface area contributed by atoms with Crippen molar-refractivity contribution in [3.63, 3.8) is 0 Å². The van der Waals surface area contributed by atoms with Gasteiger partial charge in [-0.05, 0) is 68.7 Å². The van der Waals surface area contributed by atoms with Gasteiger partial charge in [-0.3, -0.25) is 0 Å². The van der Waals surface area contributed by atoms with Crippen molar-refractivity contribution in [1.29, 1.82) is 0 Å². The third kappa shape index (κ3) is 3.81. The Balaban J connectivity index is 1.86. The van der Waals surface area contributed by atoms with E-state index in [1.807, 2.05) is 13.0 Å². The molecule has 0 aromatic heterocycles. The van der Waals surface area contributed by atoms with Crippen LogP contribution in [0.2, 0.25) is 0 Å². The van der Waals surface area contributed by atoms with Crippen molar-refractivity contribution in [2.75, 3.05) is 6.54 Å². The zero-order valence-corrected chi connectivity index (χ0v) is 11.5. The first-order chi connectivity index (χ1) is 8.70. The molecule has 1 N–H and O–H groups in total. The Kier molecular flexibility index (Phi) is 4.76. The molecule has 0 saturated heterocycles. The molecule has 0 spiro atoms. The Bertz CT molecular complexity index is 385. The van der Waals surface area contributed by atoms with Gasteiger partial charge in [0.05, 0.1) is 0 Å². The highest BCUT2D eigenvalue weighted by Crippen LogP contribution is 2.34. The highest BCUT2D eigenvalue weighted by molar-refractivity contribution is 5.23. The molecule has 100 valence electrons. The lowest BCUT2D eigenvalue weighted by molar-refractivity contribution is 0.435. The Morgan fingerprint density at radius 1 is 1.39 bits per heavy atom. The molecule has 0 bridgehead atoms. The molecule has 1 nitrogen and oxygen atoms in total. The molecular formula is C16H24FN. The van der Waals surface area contributed by atoms with Gasteiger partial charge in [-0.15, -0.1) is 0 Å². The second-order valence-electron chi connectivity index (χ2n) is 5.52. The van der Waals surface area contributed by atoms with Crippen LogP contribution in [0.25, 0.3) is 0 Å². The quantitative estimate of drug-likeness (QED) is 0.774. The molecule has 1 saturated carbocycles. The molecule has 0 radical (unpaired) electrons. The number of aryl methyl sites for hydroxylation is 2. The van der Waals surface area contributed by atoms with Crippen molar-refractivity contribution < 1.29 is 4.39 Å². The minimum Gasteiger partial charge on any atom is -0.314 e. The van der Waals surface area contributed by atoms with E-state index in [2.05, 4.69) is 18.3 Å². The molecule has 1 aliphatic rings. The molecule has 1 aromatic carbocycles. The van der Waals surface area contributed by atoms with E-state index in [0.29, 0.717) is 6.04 Å². The Labute approximate surface area is 110 Å². The average molecular weight is 249 g/mol. The summed E-state index contributed by atoms with van der Waals surface area (Å²) in [6.45, 7) is 5.12. The number of benzene rings is 1. The Hall–Kier alpha value is -0.890. The van der Waals surface area contributed by atoms with Gasteiger partial charge in [-0.1, -0.05) is 19.1 Å². The van der Waals surface area contributed by atoms with Crippen LogP contribution in [-0.4, -0.2) is 12.6 Å². The van der Waals surface area contributed by atoms with Crippen LogP contribution >= 0.6 is 0 Å². The fourth-order valence-electron chi connectivity index (χ4n) is 2.45. The molecule has 2 rings (SSSR count). The predicted molar refractivity (Wildman–Crippen MR) is 74.3 cm³/mol. The summed E-state index contributed by atoms with van der Waals surface area (Å²) < 4.78 is 13.5. The lowest BCUT2D eigenvalue weighted by atomic mass is 10.0. The van der Waals surface area contributed by atoms with E-state index in [0.717, 1.165) is 36.4 Å². The van der Waals surface area contributed by atoms with Crippen molar-refractivity contribution >= 4 is 0 Å². The second kappa shape index (κ2) is 6.33. The van der Waals surface area contributed by atoms with Crippen LogP contribution in [0, 0.1) is 18.7 Å². The van der Waals surface area contributed by atoms with Crippen LogP contribution in [-0.2, 0) is 6.42 Å². The molecule has 18 heavy (non-hydrogen) atoms. The van der Waals surface area contributed by atoms with Crippen LogP contribution in [0.4, 0.5) is 4.39 Å².